The van der Waals surface area contributed by atoms with Gasteiger partial charge in [-0.3, -0.25) is 0 Å². The van der Waals surface area contributed by atoms with Crippen LogP contribution in [0.25, 0.3) is 0 Å². The van der Waals surface area contributed by atoms with Crippen molar-refractivity contribution in [1.82, 2.24) is 0 Å². The Morgan fingerprint density at radius 3 is 2.38 bits per heavy atom. The highest BCUT2D eigenvalue weighted by Crippen LogP contribution is 2.25. The van der Waals surface area contributed by atoms with Crippen LogP contribution in [0.2, 0.25) is 0 Å². The van der Waals surface area contributed by atoms with Crippen LogP contribution < -0.4 is 15.8 Å². The number of nitrogens with one attached hydrogen (secondary N) is 1. The van der Waals surface area contributed by atoms with Gasteiger partial charge in [-0.05, 0) is 56.3 Å². The Hall–Kier alpha value is -2.69. The number of aromatic carboxylic acids is 1. The fourth-order valence-electron chi connectivity index (χ4n) is 1.85. The van der Waals surface area contributed by atoms with Crippen LogP contribution in [0.15, 0.2) is 42.5 Å². The van der Waals surface area contributed by atoms with Gasteiger partial charge in [0.2, 0.25) is 0 Å². The molecule has 0 saturated heterocycles. The van der Waals surface area contributed by atoms with E-state index in [4.69, 9.17) is 15.6 Å². The van der Waals surface area contributed by atoms with Gasteiger partial charge in [-0.2, -0.15) is 0 Å². The second-order valence-corrected chi connectivity index (χ2v) is 4.92. The molecule has 0 unspecified atom stereocenters. The minimum Gasteiger partial charge on any atom is -0.491 e. The van der Waals surface area contributed by atoms with Crippen LogP contribution in [0.3, 0.4) is 0 Å². The smallest absolute Gasteiger partial charge is 0.335 e. The Morgan fingerprint density at radius 2 is 1.86 bits per heavy atom. The van der Waals surface area contributed by atoms with E-state index in [0.29, 0.717) is 11.4 Å². The number of anilines is 3. The maximum absolute atomic E-state index is 10.9. The van der Waals surface area contributed by atoms with Crippen molar-refractivity contribution in [3.63, 3.8) is 0 Å². The molecule has 0 heterocycles. The molecule has 5 nitrogen and oxygen atoms in total. The van der Waals surface area contributed by atoms with Crippen molar-refractivity contribution in [3.05, 3.63) is 48.0 Å². The summed E-state index contributed by atoms with van der Waals surface area (Å²) in [7, 11) is 0. The highest BCUT2D eigenvalue weighted by molar-refractivity contribution is 5.90. The molecule has 0 amide bonds. The number of nitrogens with two attached hydrogens (primary N) is 1. The SMILES string of the molecule is CC(C)Oc1ccc(Nc2ccc(C(=O)O)cc2N)cc1. The molecule has 0 fully saturated rings. The zero-order valence-corrected chi connectivity index (χ0v) is 12.0. The lowest BCUT2D eigenvalue weighted by atomic mass is 10.1. The molecule has 0 atom stereocenters. The molecular weight excluding hydrogens is 268 g/mol. The van der Waals surface area contributed by atoms with E-state index in [-0.39, 0.29) is 11.7 Å². The van der Waals surface area contributed by atoms with Gasteiger partial charge in [-0.15, -0.1) is 0 Å². The topological polar surface area (TPSA) is 84.6 Å². The van der Waals surface area contributed by atoms with Gasteiger partial charge in [0.1, 0.15) is 5.75 Å². The molecule has 4 N–H and O–H groups in total. The zero-order valence-electron chi connectivity index (χ0n) is 12.0. The van der Waals surface area contributed by atoms with Gasteiger partial charge < -0.3 is 20.9 Å². The van der Waals surface area contributed by atoms with Crippen LogP contribution >= 0.6 is 0 Å². The predicted molar refractivity (Wildman–Crippen MR) is 83.3 cm³/mol. The van der Waals surface area contributed by atoms with E-state index < -0.39 is 5.97 Å². The molecule has 110 valence electrons. The summed E-state index contributed by atoms with van der Waals surface area (Å²) in [6.07, 6.45) is 0.128. The molecule has 0 aliphatic rings. The lowest BCUT2D eigenvalue weighted by Gasteiger charge is -2.12. The zero-order chi connectivity index (χ0) is 15.4. The van der Waals surface area contributed by atoms with Crippen LogP contribution in [0.5, 0.6) is 5.75 Å². The number of nitrogen functional groups attached to an aromatic ring is 1. The molecule has 0 aliphatic heterocycles. The normalized spacial score (nSPS) is 10.4. The number of ether oxygens (including phenoxy) is 1. The maximum atomic E-state index is 10.9. The summed E-state index contributed by atoms with van der Waals surface area (Å²) in [6.45, 7) is 3.94. The van der Waals surface area contributed by atoms with E-state index in [2.05, 4.69) is 5.32 Å². The van der Waals surface area contributed by atoms with E-state index in [1.165, 1.54) is 12.1 Å². The van der Waals surface area contributed by atoms with Crippen LogP contribution in [0, 0.1) is 0 Å². The van der Waals surface area contributed by atoms with Crippen molar-refractivity contribution in [2.45, 2.75) is 20.0 Å². The molecule has 0 aromatic heterocycles. The molecule has 2 aromatic carbocycles. The Morgan fingerprint density at radius 1 is 1.19 bits per heavy atom. The predicted octanol–water partition coefficient (Wildman–Crippen LogP) is 3.50. The molecule has 2 aromatic rings. The standard InChI is InChI=1S/C16H18N2O3/c1-10(2)21-13-6-4-12(5-7-13)18-15-8-3-11(16(19)20)9-14(15)17/h3-10,18H,17H2,1-2H3,(H,19,20). The molecule has 5 heteroatoms. The molecule has 2 rings (SSSR count). The highest BCUT2D eigenvalue weighted by atomic mass is 16.5. The third-order valence-corrected chi connectivity index (χ3v) is 2.80. The highest BCUT2D eigenvalue weighted by Gasteiger charge is 2.06. The Bertz CT molecular complexity index is 636. The minimum absolute atomic E-state index is 0.128. The first-order chi connectivity index (χ1) is 9.95. The Kier molecular flexibility index (Phi) is 4.33. The van der Waals surface area contributed by atoms with E-state index in [0.717, 1.165) is 11.4 Å². The lowest BCUT2D eigenvalue weighted by molar-refractivity contribution is 0.0697. The molecule has 0 spiro atoms. The first-order valence-corrected chi connectivity index (χ1v) is 6.62. The van der Waals surface area contributed by atoms with Crippen LogP contribution in [0.4, 0.5) is 17.1 Å². The van der Waals surface area contributed by atoms with E-state index in [9.17, 15) is 4.79 Å². The Labute approximate surface area is 123 Å². The summed E-state index contributed by atoms with van der Waals surface area (Å²) in [5.41, 5.74) is 7.92. The number of hydrogen-bond donors (Lipinski definition) is 3. The molecule has 21 heavy (non-hydrogen) atoms. The van der Waals surface area contributed by atoms with Gasteiger partial charge >= 0.3 is 5.97 Å². The summed E-state index contributed by atoms with van der Waals surface area (Å²) in [4.78, 5) is 10.9. The molecule has 0 radical (unpaired) electrons. The quantitative estimate of drug-likeness (QED) is 0.732. The molecule has 0 aliphatic carbocycles. The van der Waals surface area contributed by atoms with E-state index in [1.54, 1.807) is 6.07 Å². The van der Waals surface area contributed by atoms with Crippen molar-refractivity contribution in [3.8, 4) is 5.75 Å². The molecule has 0 saturated carbocycles. The summed E-state index contributed by atoms with van der Waals surface area (Å²) in [5, 5.41) is 12.0. The largest absolute Gasteiger partial charge is 0.491 e. The second-order valence-electron chi connectivity index (χ2n) is 4.92. The third-order valence-electron chi connectivity index (χ3n) is 2.80. The number of rotatable bonds is 5. The molecule has 0 bridgehead atoms. The van der Waals surface area contributed by atoms with Gasteiger partial charge in [0.15, 0.2) is 0 Å². The average Bonchev–Trinajstić information content (AvgIpc) is 2.42. The number of benzene rings is 2. The van der Waals surface area contributed by atoms with Gasteiger partial charge in [0.05, 0.1) is 23.0 Å². The van der Waals surface area contributed by atoms with Crippen molar-refractivity contribution in [2.75, 3.05) is 11.1 Å². The van der Waals surface area contributed by atoms with Gasteiger partial charge in [-0.25, -0.2) is 4.79 Å². The first kappa shape index (κ1) is 14.7. The van der Waals surface area contributed by atoms with E-state index in [1.807, 2.05) is 38.1 Å². The minimum atomic E-state index is -0.997. The Balaban J connectivity index is 2.13. The summed E-state index contributed by atoms with van der Waals surface area (Å²) >= 11 is 0. The van der Waals surface area contributed by atoms with Crippen molar-refractivity contribution in [2.24, 2.45) is 0 Å². The summed E-state index contributed by atoms with van der Waals surface area (Å²) in [6, 6.07) is 12.1. The third kappa shape index (κ3) is 3.89. The summed E-state index contributed by atoms with van der Waals surface area (Å²) in [5.74, 6) is -0.201. The van der Waals surface area contributed by atoms with Crippen LogP contribution in [-0.4, -0.2) is 17.2 Å². The fourth-order valence-corrected chi connectivity index (χ4v) is 1.85. The van der Waals surface area contributed by atoms with Gasteiger partial charge in [0.25, 0.3) is 0 Å². The van der Waals surface area contributed by atoms with Crippen molar-refractivity contribution < 1.29 is 14.6 Å². The maximum Gasteiger partial charge on any atom is 0.335 e. The van der Waals surface area contributed by atoms with Crippen molar-refractivity contribution >= 4 is 23.0 Å². The number of carboxylic acids is 1. The number of carbonyl (C=O) groups is 1. The second kappa shape index (κ2) is 6.17. The average molecular weight is 286 g/mol. The van der Waals surface area contributed by atoms with Crippen molar-refractivity contribution in [1.29, 1.82) is 0 Å². The fraction of sp³-hybridized carbons (Fsp3) is 0.188. The lowest BCUT2D eigenvalue weighted by Crippen LogP contribution is -2.05. The van der Waals surface area contributed by atoms with Crippen LogP contribution in [0.1, 0.15) is 24.2 Å². The molecular formula is C16H18N2O3. The van der Waals surface area contributed by atoms with Gasteiger partial charge in [-0.1, -0.05) is 0 Å². The number of carboxylic acid groups (broad SMARTS) is 1. The van der Waals surface area contributed by atoms with Gasteiger partial charge in [0, 0.05) is 5.69 Å². The first-order valence-electron chi connectivity index (χ1n) is 6.62. The monoisotopic (exact) mass is 286 g/mol. The van der Waals surface area contributed by atoms with Crippen LogP contribution in [-0.2, 0) is 0 Å². The van der Waals surface area contributed by atoms with E-state index >= 15 is 0 Å². The number of hydrogen-bond acceptors (Lipinski definition) is 4. The summed E-state index contributed by atoms with van der Waals surface area (Å²) < 4.78 is 5.57.